The van der Waals surface area contributed by atoms with Crippen molar-refractivity contribution >= 4 is 23.2 Å². The van der Waals surface area contributed by atoms with Crippen LogP contribution in [-0.4, -0.2) is 72.6 Å². The Balaban J connectivity index is 1.58. The molecule has 2 amide bonds. The molecule has 1 fully saturated rings. The zero-order chi connectivity index (χ0) is 18.5. The number of carbonyl (C=O) groups is 2. The van der Waals surface area contributed by atoms with E-state index in [0.717, 1.165) is 49.0 Å². The maximum Gasteiger partial charge on any atom is 0.277 e. The summed E-state index contributed by atoms with van der Waals surface area (Å²) in [6.07, 6.45) is 2.46. The third-order valence-corrected chi connectivity index (χ3v) is 4.76. The van der Waals surface area contributed by atoms with Gasteiger partial charge in [0.15, 0.2) is 0 Å². The molecule has 0 saturated carbocycles. The predicted molar refractivity (Wildman–Crippen MR) is 101 cm³/mol. The Hall–Kier alpha value is -2.38. The molecule has 2 heterocycles. The monoisotopic (exact) mass is 358 g/mol. The number of amides is 2. The second kappa shape index (κ2) is 8.33. The van der Waals surface area contributed by atoms with E-state index in [4.69, 9.17) is 5.11 Å². The summed E-state index contributed by atoms with van der Waals surface area (Å²) in [6, 6.07) is 7.90. The molecule has 2 aliphatic heterocycles. The van der Waals surface area contributed by atoms with Gasteiger partial charge >= 0.3 is 0 Å². The van der Waals surface area contributed by atoms with Gasteiger partial charge in [-0.25, -0.2) is 0 Å². The van der Waals surface area contributed by atoms with Crippen LogP contribution >= 0.6 is 0 Å². The lowest BCUT2D eigenvalue weighted by molar-refractivity contribution is -0.137. The second-order valence-corrected chi connectivity index (χ2v) is 6.58. The van der Waals surface area contributed by atoms with Crippen LogP contribution in [0.15, 0.2) is 36.0 Å². The first-order chi connectivity index (χ1) is 12.6. The zero-order valence-corrected chi connectivity index (χ0v) is 15.1. The van der Waals surface area contributed by atoms with Crippen molar-refractivity contribution < 1.29 is 14.7 Å². The number of aliphatic hydroxyl groups is 1. The number of imide groups is 1. The third-order valence-electron chi connectivity index (χ3n) is 4.76. The molecule has 1 aromatic rings. The summed E-state index contributed by atoms with van der Waals surface area (Å²) in [5.41, 5.74) is 2.16. The van der Waals surface area contributed by atoms with E-state index in [1.807, 2.05) is 24.3 Å². The molecule has 0 aromatic heterocycles. The molecule has 3 rings (SSSR count). The summed E-state index contributed by atoms with van der Waals surface area (Å²) < 4.78 is 0. The Morgan fingerprint density at radius 1 is 1.04 bits per heavy atom. The molecular formula is C19H26N4O3. The molecule has 1 saturated heterocycles. The van der Waals surface area contributed by atoms with Gasteiger partial charge in [0, 0.05) is 43.6 Å². The minimum atomic E-state index is -0.403. The normalized spacial score (nSPS) is 18.5. The van der Waals surface area contributed by atoms with E-state index in [-0.39, 0.29) is 18.8 Å². The van der Waals surface area contributed by atoms with Crippen LogP contribution in [0.1, 0.15) is 13.3 Å². The van der Waals surface area contributed by atoms with Crippen LogP contribution in [0, 0.1) is 0 Å². The smallest absolute Gasteiger partial charge is 0.277 e. The van der Waals surface area contributed by atoms with Gasteiger partial charge < -0.3 is 15.3 Å². The van der Waals surface area contributed by atoms with Gasteiger partial charge in [-0.05, 0) is 37.2 Å². The van der Waals surface area contributed by atoms with E-state index in [0.29, 0.717) is 0 Å². The molecule has 0 atom stereocenters. The van der Waals surface area contributed by atoms with Gasteiger partial charge in [0.05, 0.1) is 13.2 Å². The van der Waals surface area contributed by atoms with Crippen molar-refractivity contribution in [3.63, 3.8) is 0 Å². The van der Waals surface area contributed by atoms with Crippen LogP contribution in [0.5, 0.6) is 0 Å². The van der Waals surface area contributed by atoms with E-state index in [1.54, 1.807) is 0 Å². The van der Waals surface area contributed by atoms with Crippen molar-refractivity contribution in [2.24, 2.45) is 0 Å². The van der Waals surface area contributed by atoms with Gasteiger partial charge in [0.25, 0.3) is 11.8 Å². The second-order valence-electron chi connectivity index (χ2n) is 6.58. The number of nitrogens with zero attached hydrogens (tertiary/aromatic N) is 3. The van der Waals surface area contributed by atoms with Gasteiger partial charge in [0.1, 0.15) is 5.70 Å². The van der Waals surface area contributed by atoms with Crippen molar-refractivity contribution in [3.05, 3.63) is 36.0 Å². The van der Waals surface area contributed by atoms with E-state index in [9.17, 15) is 9.59 Å². The van der Waals surface area contributed by atoms with Crippen LogP contribution in [-0.2, 0) is 9.59 Å². The first kappa shape index (κ1) is 18.4. The number of piperazine rings is 1. The molecule has 0 radical (unpaired) electrons. The number of rotatable bonds is 7. The molecule has 1 aromatic carbocycles. The molecule has 2 aliphatic rings. The average Bonchev–Trinajstić information content (AvgIpc) is 2.91. The highest BCUT2D eigenvalue weighted by Gasteiger charge is 2.30. The average molecular weight is 358 g/mol. The molecule has 0 aliphatic carbocycles. The summed E-state index contributed by atoms with van der Waals surface area (Å²) in [5, 5.41) is 11.9. The van der Waals surface area contributed by atoms with Crippen LogP contribution < -0.4 is 10.2 Å². The molecule has 140 valence electrons. The number of carbonyl (C=O) groups excluding carboxylic acids is 2. The topological polar surface area (TPSA) is 76.1 Å². The Morgan fingerprint density at radius 3 is 2.35 bits per heavy atom. The number of aliphatic hydroxyl groups excluding tert-OH is 1. The highest BCUT2D eigenvalue weighted by atomic mass is 16.3. The molecule has 0 bridgehead atoms. The molecule has 7 nitrogen and oxygen atoms in total. The highest BCUT2D eigenvalue weighted by Crippen LogP contribution is 2.22. The number of hydrogen-bond acceptors (Lipinski definition) is 6. The standard InChI is InChI=1S/C19H26N4O3/c1-2-7-21-8-10-22(11-9-21)16-5-3-15(4-6-16)20-17-14-18(25)23(12-13-24)19(17)26/h3-6,14,20,24H,2,7-13H2,1H3. The van der Waals surface area contributed by atoms with Gasteiger partial charge in [0.2, 0.25) is 0 Å². The fourth-order valence-corrected chi connectivity index (χ4v) is 3.37. The summed E-state index contributed by atoms with van der Waals surface area (Å²) in [5.74, 6) is -0.798. The van der Waals surface area contributed by atoms with Crippen molar-refractivity contribution in [2.75, 3.05) is 56.1 Å². The van der Waals surface area contributed by atoms with Crippen LogP contribution in [0.2, 0.25) is 0 Å². The third kappa shape index (κ3) is 4.05. The molecular weight excluding hydrogens is 332 g/mol. The van der Waals surface area contributed by atoms with Crippen molar-refractivity contribution in [3.8, 4) is 0 Å². The van der Waals surface area contributed by atoms with Crippen molar-refractivity contribution in [2.45, 2.75) is 13.3 Å². The Bertz CT molecular complexity index is 679. The van der Waals surface area contributed by atoms with E-state index in [1.165, 1.54) is 12.5 Å². The van der Waals surface area contributed by atoms with Crippen LogP contribution in [0.3, 0.4) is 0 Å². The maximum absolute atomic E-state index is 12.2. The number of benzene rings is 1. The van der Waals surface area contributed by atoms with E-state index >= 15 is 0 Å². The van der Waals surface area contributed by atoms with Crippen LogP contribution in [0.25, 0.3) is 0 Å². The SMILES string of the molecule is CCCN1CCN(c2ccc(NC3=CC(=O)N(CCO)C3=O)cc2)CC1. The fourth-order valence-electron chi connectivity index (χ4n) is 3.37. The Labute approximate surface area is 153 Å². The van der Waals surface area contributed by atoms with Gasteiger partial charge in [-0.15, -0.1) is 0 Å². The Kier molecular flexibility index (Phi) is 5.90. The molecule has 26 heavy (non-hydrogen) atoms. The van der Waals surface area contributed by atoms with Gasteiger partial charge in [-0.2, -0.15) is 0 Å². The minimum absolute atomic E-state index is 0.0162. The maximum atomic E-state index is 12.2. The van der Waals surface area contributed by atoms with Crippen molar-refractivity contribution in [1.82, 2.24) is 9.80 Å². The first-order valence-electron chi connectivity index (χ1n) is 9.15. The summed E-state index contributed by atoms with van der Waals surface area (Å²) in [4.78, 5) is 29.8. The summed E-state index contributed by atoms with van der Waals surface area (Å²) in [6.45, 7) is 7.34. The van der Waals surface area contributed by atoms with Gasteiger partial charge in [-0.3, -0.25) is 19.4 Å². The number of nitrogens with one attached hydrogen (secondary N) is 1. The number of hydrogen-bond donors (Lipinski definition) is 2. The largest absolute Gasteiger partial charge is 0.395 e. The zero-order valence-electron chi connectivity index (χ0n) is 15.1. The minimum Gasteiger partial charge on any atom is -0.395 e. The highest BCUT2D eigenvalue weighted by molar-refractivity contribution is 6.17. The summed E-state index contributed by atoms with van der Waals surface area (Å²) in [7, 11) is 0. The van der Waals surface area contributed by atoms with Crippen LogP contribution in [0.4, 0.5) is 11.4 Å². The molecule has 0 unspecified atom stereocenters. The van der Waals surface area contributed by atoms with Gasteiger partial charge in [-0.1, -0.05) is 6.92 Å². The molecule has 2 N–H and O–H groups in total. The quantitative estimate of drug-likeness (QED) is 0.705. The number of anilines is 2. The Morgan fingerprint density at radius 2 is 1.73 bits per heavy atom. The predicted octanol–water partition coefficient (Wildman–Crippen LogP) is 0.876. The lowest BCUT2D eigenvalue weighted by Crippen LogP contribution is -2.46. The lowest BCUT2D eigenvalue weighted by Gasteiger charge is -2.36. The molecule has 7 heteroatoms. The van der Waals surface area contributed by atoms with Crippen molar-refractivity contribution in [1.29, 1.82) is 0 Å². The van der Waals surface area contributed by atoms with E-state index < -0.39 is 11.8 Å². The first-order valence-corrected chi connectivity index (χ1v) is 9.15. The number of β-amino-alcohol motifs (C(OH)–C–C–N with tert-alkyl or cyclic N) is 1. The molecule has 0 spiro atoms. The fraction of sp³-hybridized carbons (Fsp3) is 0.474. The lowest BCUT2D eigenvalue weighted by atomic mass is 10.2. The van der Waals surface area contributed by atoms with E-state index in [2.05, 4.69) is 22.0 Å². The summed E-state index contributed by atoms with van der Waals surface area (Å²) >= 11 is 0.